The average Bonchev–Trinajstić information content (AvgIpc) is 2.43. The van der Waals surface area contributed by atoms with Crippen molar-refractivity contribution in [3.63, 3.8) is 0 Å². The first kappa shape index (κ1) is 13.8. The summed E-state index contributed by atoms with van der Waals surface area (Å²) in [5.74, 6) is -0.534. The van der Waals surface area contributed by atoms with Crippen molar-refractivity contribution in [2.45, 2.75) is 0 Å². The Labute approximate surface area is 119 Å². The van der Waals surface area contributed by atoms with Crippen LogP contribution in [0.4, 0.5) is 20.6 Å². The van der Waals surface area contributed by atoms with Gasteiger partial charge in [0, 0.05) is 0 Å². The summed E-state index contributed by atoms with van der Waals surface area (Å²) in [6.45, 7) is 0. The highest BCUT2D eigenvalue weighted by Crippen LogP contribution is 2.23. The summed E-state index contributed by atoms with van der Waals surface area (Å²) in [7, 11) is 0. The number of carbonyl (C=O) groups is 1. The number of nitriles is 1. The van der Waals surface area contributed by atoms with Gasteiger partial charge in [0.15, 0.2) is 0 Å². The van der Waals surface area contributed by atoms with E-state index in [2.05, 4.69) is 10.6 Å². The zero-order valence-corrected chi connectivity index (χ0v) is 10.9. The molecule has 0 aliphatic heterocycles. The molecule has 4 nitrogen and oxygen atoms in total. The Bertz CT molecular complexity index is 697. The van der Waals surface area contributed by atoms with Crippen molar-refractivity contribution in [2.24, 2.45) is 0 Å². The van der Waals surface area contributed by atoms with Crippen molar-refractivity contribution < 1.29 is 9.18 Å². The van der Waals surface area contributed by atoms with Gasteiger partial charge in [-0.1, -0.05) is 23.7 Å². The third-order valence-corrected chi connectivity index (χ3v) is 2.78. The molecule has 0 unspecified atom stereocenters. The summed E-state index contributed by atoms with van der Waals surface area (Å²) in [6, 6.07) is 11.6. The van der Waals surface area contributed by atoms with E-state index in [1.807, 2.05) is 6.07 Å². The van der Waals surface area contributed by atoms with Gasteiger partial charge in [0.2, 0.25) is 0 Å². The summed E-state index contributed by atoms with van der Waals surface area (Å²) < 4.78 is 13.4. The molecule has 0 bridgehead atoms. The molecule has 2 aromatic rings. The predicted octanol–water partition coefficient (Wildman–Crippen LogP) is 3.99. The standard InChI is InChI=1S/C14H9ClFN3O/c15-10-7-9(8-17)5-6-12(10)18-14(20)19-13-4-2-1-3-11(13)16/h1-7H,(H2,18,19,20). The van der Waals surface area contributed by atoms with Gasteiger partial charge in [-0.2, -0.15) is 5.26 Å². The zero-order valence-electron chi connectivity index (χ0n) is 10.2. The van der Waals surface area contributed by atoms with E-state index >= 15 is 0 Å². The fourth-order valence-corrected chi connectivity index (χ4v) is 1.75. The molecule has 0 saturated carbocycles. The van der Waals surface area contributed by atoms with Gasteiger partial charge in [0.1, 0.15) is 5.82 Å². The van der Waals surface area contributed by atoms with Crippen LogP contribution in [0.3, 0.4) is 0 Å². The van der Waals surface area contributed by atoms with E-state index in [4.69, 9.17) is 16.9 Å². The molecule has 0 aliphatic rings. The number of nitrogens with zero attached hydrogens (tertiary/aromatic N) is 1. The number of hydrogen-bond donors (Lipinski definition) is 2. The highest BCUT2D eigenvalue weighted by atomic mass is 35.5. The Morgan fingerprint density at radius 2 is 1.85 bits per heavy atom. The molecular weight excluding hydrogens is 281 g/mol. The third-order valence-electron chi connectivity index (χ3n) is 2.47. The average molecular weight is 290 g/mol. The number of carbonyl (C=O) groups excluding carboxylic acids is 1. The van der Waals surface area contributed by atoms with Gasteiger partial charge in [-0.15, -0.1) is 0 Å². The first-order chi connectivity index (χ1) is 9.60. The molecule has 20 heavy (non-hydrogen) atoms. The summed E-state index contributed by atoms with van der Waals surface area (Å²) in [6.07, 6.45) is 0. The van der Waals surface area contributed by atoms with Crippen LogP contribution in [0.2, 0.25) is 5.02 Å². The predicted molar refractivity (Wildman–Crippen MR) is 75.2 cm³/mol. The number of amides is 2. The van der Waals surface area contributed by atoms with Crippen LogP contribution < -0.4 is 10.6 Å². The number of halogens is 2. The largest absolute Gasteiger partial charge is 0.323 e. The van der Waals surface area contributed by atoms with E-state index in [0.29, 0.717) is 11.3 Å². The summed E-state index contributed by atoms with van der Waals surface area (Å²) in [5, 5.41) is 13.8. The number of para-hydroxylation sites is 1. The Hall–Kier alpha value is -2.58. The van der Waals surface area contributed by atoms with E-state index in [-0.39, 0.29) is 10.7 Å². The van der Waals surface area contributed by atoms with Crippen LogP contribution in [0.5, 0.6) is 0 Å². The van der Waals surface area contributed by atoms with Gasteiger partial charge < -0.3 is 10.6 Å². The molecule has 2 rings (SSSR count). The smallest absolute Gasteiger partial charge is 0.306 e. The number of rotatable bonds is 2. The summed E-state index contributed by atoms with van der Waals surface area (Å²) >= 11 is 5.92. The molecule has 0 atom stereocenters. The van der Waals surface area contributed by atoms with E-state index in [1.54, 1.807) is 6.07 Å². The second kappa shape index (κ2) is 6.04. The van der Waals surface area contributed by atoms with Crippen molar-refractivity contribution in [3.8, 4) is 6.07 Å². The van der Waals surface area contributed by atoms with Crippen molar-refractivity contribution in [1.82, 2.24) is 0 Å². The van der Waals surface area contributed by atoms with Crippen LogP contribution in [-0.2, 0) is 0 Å². The maximum Gasteiger partial charge on any atom is 0.323 e. The van der Waals surface area contributed by atoms with E-state index in [0.717, 1.165) is 0 Å². The molecule has 2 N–H and O–H groups in total. The lowest BCUT2D eigenvalue weighted by Gasteiger charge is -2.09. The lowest BCUT2D eigenvalue weighted by atomic mass is 10.2. The molecular formula is C14H9ClFN3O. The minimum Gasteiger partial charge on any atom is -0.306 e. The van der Waals surface area contributed by atoms with Crippen LogP contribution in [0.25, 0.3) is 0 Å². The molecule has 2 aromatic carbocycles. The number of hydrogen-bond acceptors (Lipinski definition) is 2. The highest BCUT2D eigenvalue weighted by molar-refractivity contribution is 6.33. The van der Waals surface area contributed by atoms with Gasteiger partial charge >= 0.3 is 6.03 Å². The minimum atomic E-state index is -0.623. The molecule has 100 valence electrons. The van der Waals surface area contributed by atoms with Crippen LogP contribution in [0.15, 0.2) is 42.5 Å². The number of urea groups is 1. The fourth-order valence-electron chi connectivity index (χ4n) is 1.52. The van der Waals surface area contributed by atoms with Gasteiger partial charge in [-0.25, -0.2) is 9.18 Å². The van der Waals surface area contributed by atoms with Gasteiger partial charge in [-0.05, 0) is 30.3 Å². The Morgan fingerprint density at radius 3 is 2.50 bits per heavy atom. The van der Waals surface area contributed by atoms with Gasteiger partial charge in [0.05, 0.1) is 28.0 Å². The molecule has 0 fully saturated rings. The van der Waals surface area contributed by atoms with E-state index < -0.39 is 11.8 Å². The van der Waals surface area contributed by atoms with Crippen LogP contribution >= 0.6 is 11.6 Å². The second-order valence-corrected chi connectivity index (χ2v) is 4.27. The van der Waals surface area contributed by atoms with Crippen molar-refractivity contribution in [1.29, 1.82) is 5.26 Å². The molecule has 0 spiro atoms. The molecule has 2 amide bonds. The quantitative estimate of drug-likeness (QED) is 0.878. The molecule has 0 aromatic heterocycles. The van der Waals surface area contributed by atoms with Crippen LogP contribution in [-0.4, -0.2) is 6.03 Å². The number of benzene rings is 2. The molecule has 0 heterocycles. The number of nitrogens with one attached hydrogen (secondary N) is 2. The van der Waals surface area contributed by atoms with Crippen LogP contribution in [0.1, 0.15) is 5.56 Å². The maximum absolute atomic E-state index is 13.4. The normalized spacial score (nSPS) is 9.65. The highest BCUT2D eigenvalue weighted by Gasteiger charge is 2.08. The third kappa shape index (κ3) is 3.25. The molecule has 6 heteroatoms. The van der Waals surface area contributed by atoms with E-state index in [9.17, 15) is 9.18 Å². The Morgan fingerprint density at radius 1 is 1.15 bits per heavy atom. The monoisotopic (exact) mass is 289 g/mol. The number of anilines is 2. The molecule has 0 radical (unpaired) electrons. The van der Waals surface area contributed by atoms with Gasteiger partial charge in [-0.3, -0.25) is 0 Å². The summed E-state index contributed by atoms with van der Waals surface area (Å²) in [5.41, 5.74) is 0.782. The maximum atomic E-state index is 13.4. The minimum absolute atomic E-state index is 0.0646. The molecule has 0 saturated heterocycles. The SMILES string of the molecule is N#Cc1ccc(NC(=O)Nc2ccccc2F)c(Cl)c1. The summed E-state index contributed by atoms with van der Waals surface area (Å²) in [4.78, 5) is 11.7. The van der Waals surface area contributed by atoms with Crippen molar-refractivity contribution in [3.05, 3.63) is 58.9 Å². The van der Waals surface area contributed by atoms with Gasteiger partial charge in [0.25, 0.3) is 0 Å². The Kier molecular flexibility index (Phi) is 4.18. The Balaban J connectivity index is 2.09. The molecule has 0 aliphatic carbocycles. The topological polar surface area (TPSA) is 64.9 Å². The zero-order chi connectivity index (χ0) is 14.5. The van der Waals surface area contributed by atoms with Crippen LogP contribution in [0, 0.1) is 17.1 Å². The second-order valence-electron chi connectivity index (χ2n) is 3.87. The van der Waals surface area contributed by atoms with Crippen molar-refractivity contribution >= 4 is 29.0 Å². The van der Waals surface area contributed by atoms with E-state index in [1.165, 1.54) is 36.4 Å². The fraction of sp³-hybridized carbons (Fsp3) is 0. The first-order valence-electron chi connectivity index (χ1n) is 5.62. The van der Waals surface area contributed by atoms with Crippen molar-refractivity contribution in [2.75, 3.05) is 10.6 Å². The lowest BCUT2D eigenvalue weighted by Crippen LogP contribution is -2.20. The lowest BCUT2D eigenvalue weighted by molar-refractivity contribution is 0.262. The first-order valence-corrected chi connectivity index (χ1v) is 6.00.